The number of hydrogen-bond acceptors (Lipinski definition) is 4. The largest absolute Gasteiger partial charge is 0.478 e. The van der Waals surface area contributed by atoms with Gasteiger partial charge in [-0.1, -0.05) is 30.3 Å². The Kier molecular flexibility index (Phi) is 5.29. The molecule has 0 bridgehead atoms. The maximum atomic E-state index is 12.8. The second-order valence-electron chi connectivity index (χ2n) is 6.52. The third kappa shape index (κ3) is 3.73. The SMILES string of the molecule is CN(CC1CCN(c2ccccc2)C1)S(=O)(=O)c1ccccc1C(=O)O. The van der Waals surface area contributed by atoms with Gasteiger partial charge >= 0.3 is 5.97 Å². The highest BCUT2D eigenvalue weighted by molar-refractivity contribution is 7.89. The van der Waals surface area contributed by atoms with E-state index in [1.54, 1.807) is 6.07 Å². The summed E-state index contributed by atoms with van der Waals surface area (Å²) in [6.45, 7) is 2.03. The maximum absolute atomic E-state index is 12.8. The van der Waals surface area contributed by atoms with Crippen molar-refractivity contribution in [1.29, 1.82) is 0 Å². The summed E-state index contributed by atoms with van der Waals surface area (Å²) < 4.78 is 27.0. The highest BCUT2D eigenvalue weighted by atomic mass is 32.2. The minimum absolute atomic E-state index is 0.159. The molecule has 1 heterocycles. The van der Waals surface area contributed by atoms with Gasteiger partial charge in [0.25, 0.3) is 0 Å². The third-order valence-electron chi connectivity index (χ3n) is 4.73. The van der Waals surface area contributed by atoms with Gasteiger partial charge in [0.15, 0.2) is 0 Å². The highest BCUT2D eigenvalue weighted by Gasteiger charge is 2.30. The van der Waals surface area contributed by atoms with Crippen LogP contribution in [0, 0.1) is 5.92 Å². The zero-order valence-electron chi connectivity index (χ0n) is 14.6. The lowest BCUT2D eigenvalue weighted by atomic mass is 10.1. The van der Waals surface area contributed by atoms with Gasteiger partial charge in [-0.15, -0.1) is 0 Å². The molecule has 1 aliphatic heterocycles. The fourth-order valence-electron chi connectivity index (χ4n) is 3.35. The molecule has 0 spiro atoms. The molecule has 0 aromatic heterocycles. The molecule has 1 fully saturated rings. The fraction of sp³-hybridized carbons (Fsp3) is 0.316. The van der Waals surface area contributed by atoms with Gasteiger partial charge in [-0.2, -0.15) is 0 Å². The first-order valence-corrected chi connectivity index (χ1v) is 9.92. The minimum atomic E-state index is -3.85. The molecule has 6 nitrogen and oxygen atoms in total. The van der Waals surface area contributed by atoms with E-state index in [1.165, 1.54) is 29.6 Å². The summed E-state index contributed by atoms with van der Waals surface area (Å²) in [6, 6.07) is 15.8. The average molecular weight is 374 g/mol. The van der Waals surface area contributed by atoms with Crippen molar-refractivity contribution < 1.29 is 18.3 Å². The van der Waals surface area contributed by atoms with E-state index >= 15 is 0 Å². The molecule has 138 valence electrons. The summed E-state index contributed by atoms with van der Waals surface area (Å²) >= 11 is 0. The number of para-hydroxylation sites is 1. The topological polar surface area (TPSA) is 77.9 Å². The molecule has 2 aromatic rings. The van der Waals surface area contributed by atoms with E-state index in [1.807, 2.05) is 30.3 Å². The smallest absolute Gasteiger partial charge is 0.337 e. The number of benzene rings is 2. The van der Waals surface area contributed by atoms with Crippen LogP contribution in [-0.4, -0.2) is 50.5 Å². The summed E-state index contributed by atoms with van der Waals surface area (Å²) in [5.74, 6) is -1.04. The minimum Gasteiger partial charge on any atom is -0.478 e. The van der Waals surface area contributed by atoms with Crippen molar-refractivity contribution in [3.63, 3.8) is 0 Å². The first kappa shape index (κ1) is 18.4. The van der Waals surface area contributed by atoms with Crippen LogP contribution in [0.4, 0.5) is 5.69 Å². The quantitative estimate of drug-likeness (QED) is 0.841. The van der Waals surface area contributed by atoms with Gasteiger partial charge in [0, 0.05) is 32.4 Å². The molecular weight excluding hydrogens is 352 g/mol. The van der Waals surface area contributed by atoms with Gasteiger partial charge in [-0.25, -0.2) is 17.5 Å². The molecule has 0 saturated carbocycles. The van der Waals surface area contributed by atoms with Crippen LogP contribution in [0.1, 0.15) is 16.8 Å². The van der Waals surface area contributed by atoms with E-state index in [-0.39, 0.29) is 16.4 Å². The number of carboxylic acid groups (broad SMARTS) is 1. The number of carboxylic acids is 1. The van der Waals surface area contributed by atoms with Crippen LogP contribution in [0.3, 0.4) is 0 Å². The molecule has 7 heteroatoms. The zero-order chi connectivity index (χ0) is 18.7. The molecule has 26 heavy (non-hydrogen) atoms. The Balaban J connectivity index is 1.72. The van der Waals surface area contributed by atoms with Crippen molar-refractivity contribution in [3.05, 3.63) is 60.2 Å². The lowest BCUT2D eigenvalue weighted by Crippen LogP contribution is -2.34. The third-order valence-corrected chi connectivity index (χ3v) is 6.61. The van der Waals surface area contributed by atoms with E-state index in [0.29, 0.717) is 6.54 Å². The van der Waals surface area contributed by atoms with E-state index in [9.17, 15) is 18.3 Å². The molecular formula is C19H22N2O4S. The molecule has 2 aromatic carbocycles. The molecule has 1 atom stereocenters. The number of carbonyl (C=O) groups is 1. The summed E-state index contributed by atoms with van der Waals surface area (Å²) in [4.78, 5) is 13.4. The van der Waals surface area contributed by atoms with Crippen LogP contribution < -0.4 is 4.90 Å². The predicted molar refractivity (Wildman–Crippen MR) is 100.0 cm³/mol. The first-order valence-electron chi connectivity index (χ1n) is 8.48. The Morgan fingerprint density at radius 2 is 1.81 bits per heavy atom. The van der Waals surface area contributed by atoms with Crippen molar-refractivity contribution in [3.8, 4) is 0 Å². The van der Waals surface area contributed by atoms with Crippen molar-refractivity contribution in [2.75, 3.05) is 31.6 Å². The number of rotatable bonds is 6. The van der Waals surface area contributed by atoms with Gasteiger partial charge in [-0.3, -0.25) is 0 Å². The molecule has 3 rings (SSSR count). The van der Waals surface area contributed by atoms with Gasteiger partial charge in [0.05, 0.1) is 10.5 Å². The Morgan fingerprint density at radius 3 is 2.50 bits per heavy atom. The van der Waals surface area contributed by atoms with Crippen molar-refractivity contribution in [2.24, 2.45) is 5.92 Å². The molecule has 0 amide bonds. The predicted octanol–water partition coefficient (Wildman–Crippen LogP) is 2.53. The van der Waals surface area contributed by atoms with Gasteiger partial charge in [-0.05, 0) is 36.6 Å². The van der Waals surface area contributed by atoms with Gasteiger partial charge in [0.1, 0.15) is 0 Å². The number of sulfonamides is 1. The summed E-state index contributed by atoms with van der Waals surface area (Å²) in [6.07, 6.45) is 0.898. The average Bonchev–Trinajstić information content (AvgIpc) is 3.11. The standard InChI is InChI=1S/C19H22N2O4S/c1-20(26(24,25)18-10-6-5-9-17(18)19(22)23)13-15-11-12-21(14-15)16-7-3-2-4-8-16/h2-10,15H,11-14H2,1H3,(H,22,23). The molecule has 1 saturated heterocycles. The zero-order valence-corrected chi connectivity index (χ0v) is 15.4. The number of aromatic carboxylic acids is 1. The monoisotopic (exact) mass is 374 g/mol. The number of nitrogens with zero attached hydrogens (tertiary/aromatic N) is 2. The maximum Gasteiger partial charge on any atom is 0.337 e. The first-order chi connectivity index (χ1) is 12.4. The molecule has 1 aliphatic rings. The molecule has 0 radical (unpaired) electrons. The van der Waals surface area contributed by atoms with Crippen LogP contribution in [0.15, 0.2) is 59.5 Å². The summed E-state index contributed by atoms with van der Waals surface area (Å²) in [7, 11) is -2.34. The van der Waals surface area contributed by atoms with Crippen LogP contribution in [0.2, 0.25) is 0 Å². The lowest BCUT2D eigenvalue weighted by molar-refractivity contribution is 0.0692. The molecule has 1 N–H and O–H groups in total. The number of anilines is 1. The van der Waals surface area contributed by atoms with Crippen LogP contribution in [0.5, 0.6) is 0 Å². The second-order valence-corrected chi connectivity index (χ2v) is 8.54. The Hall–Kier alpha value is -2.38. The van der Waals surface area contributed by atoms with Crippen LogP contribution >= 0.6 is 0 Å². The van der Waals surface area contributed by atoms with Crippen molar-refractivity contribution in [1.82, 2.24) is 4.31 Å². The van der Waals surface area contributed by atoms with E-state index < -0.39 is 16.0 Å². The van der Waals surface area contributed by atoms with Crippen LogP contribution in [0.25, 0.3) is 0 Å². The van der Waals surface area contributed by atoms with E-state index in [4.69, 9.17) is 0 Å². The highest BCUT2D eigenvalue weighted by Crippen LogP contribution is 2.26. The lowest BCUT2D eigenvalue weighted by Gasteiger charge is -2.23. The van der Waals surface area contributed by atoms with E-state index in [2.05, 4.69) is 4.90 Å². The van der Waals surface area contributed by atoms with Gasteiger partial charge in [0.2, 0.25) is 10.0 Å². The Bertz CT molecular complexity index is 883. The van der Waals surface area contributed by atoms with Crippen LogP contribution in [-0.2, 0) is 10.0 Å². The summed E-state index contributed by atoms with van der Waals surface area (Å²) in [5.41, 5.74) is 0.938. The molecule has 1 unspecified atom stereocenters. The fourth-order valence-corrected chi connectivity index (χ4v) is 4.78. The number of hydrogen-bond donors (Lipinski definition) is 1. The normalized spacial score (nSPS) is 17.6. The van der Waals surface area contributed by atoms with Gasteiger partial charge < -0.3 is 10.0 Å². The Labute approximate surface area is 153 Å². The second kappa shape index (κ2) is 7.47. The van der Waals surface area contributed by atoms with Crippen molar-refractivity contribution >= 4 is 21.7 Å². The van der Waals surface area contributed by atoms with E-state index in [0.717, 1.165) is 25.2 Å². The van der Waals surface area contributed by atoms with Crippen molar-refractivity contribution in [2.45, 2.75) is 11.3 Å². The summed E-state index contributed by atoms with van der Waals surface area (Å²) in [5, 5.41) is 9.27. The molecule has 0 aliphatic carbocycles. The Morgan fingerprint density at radius 1 is 1.15 bits per heavy atom.